The summed E-state index contributed by atoms with van der Waals surface area (Å²) in [5.41, 5.74) is 2.52. The summed E-state index contributed by atoms with van der Waals surface area (Å²) in [5, 5.41) is 11.0. The Bertz CT molecular complexity index is 1110. The first-order valence-electron chi connectivity index (χ1n) is 9.09. The van der Waals surface area contributed by atoms with Gasteiger partial charge in [-0.3, -0.25) is 9.59 Å². The van der Waals surface area contributed by atoms with E-state index < -0.39 is 11.8 Å². The number of pyridine rings is 1. The molecule has 0 bridgehead atoms. The Labute approximate surface area is 175 Å². The Morgan fingerprint density at radius 2 is 1.83 bits per heavy atom. The van der Waals surface area contributed by atoms with E-state index in [0.717, 1.165) is 11.1 Å². The van der Waals surface area contributed by atoms with Gasteiger partial charge >= 0.3 is 5.97 Å². The summed E-state index contributed by atoms with van der Waals surface area (Å²) < 4.78 is 18.7. The fourth-order valence-corrected chi connectivity index (χ4v) is 3.50. The molecule has 3 rings (SSSR count). The number of hydrogen-bond acceptors (Lipinski definition) is 5. The first-order chi connectivity index (χ1) is 13.8. The van der Waals surface area contributed by atoms with Crippen LogP contribution in [0.5, 0.6) is 5.75 Å². The van der Waals surface area contributed by atoms with Gasteiger partial charge in [-0.2, -0.15) is 0 Å². The molecule has 0 aliphatic rings. The molecule has 0 amide bonds. The predicted molar refractivity (Wildman–Crippen MR) is 111 cm³/mol. The topological polar surface area (TPSA) is 76.5 Å². The van der Waals surface area contributed by atoms with Gasteiger partial charge in [-0.25, -0.2) is 9.37 Å². The van der Waals surface area contributed by atoms with Gasteiger partial charge in [0.15, 0.2) is 11.5 Å². The normalized spacial score (nSPS) is 10.9. The lowest BCUT2D eigenvalue weighted by Gasteiger charge is -2.10. The molecule has 0 unspecified atom stereocenters. The lowest BCUT2D eigenvalue weighted by atomic mass is 10.0. The largest absolute Gasteiger partial charge is 0.504 e. The second-order valence-electron chi connectivity index (χ2n) is 6.55. The second-order valence-corrected chi connectivity index (χ2v) is 7.34. The molecule has 5 nitrogen and oxygen atoms in total. The van der Waals surface area contributed by atoms with Crippen LogP contribution in [0.2, 0.25) is 0 Å². The van der Waals surface area contributed by atoms with Gasteiger partial charge in [0.2, 0.25) is 0 Å². The molecule has 2 aromatic carbocycles. The van der Waals surface area contributed by atoms with Gasteiger partial charge in [0.05, 0.1) is 23.0 Å². The van der Waals surface area contributed by atoms with E-state index in [4.69, 9.17) is 4.74 Å². The number of benzene rings is 2. The Balaban J connectivity index is 1.99. The SMILES string of the molecule is CCOC(=O)CCC(=O)c1nc2cc(-c3ccc(F)c(C)c3)ccc2c(Br)c1O. The third-order valence-electron chi connectivity index (χ3n) is 4.52. The number of ketones is 1. The molecule has 0 atom stereocenters. The third kappa shape index (κ3) is 4.45. The van der Waals surface area contributed by atoms with Crippen LogP contribution in [0, 0.1) is 12.7 Å². The summed E-state index contributed by atoms with van der Waals surface area (Å²) in [7, 11) is 0. The molecule has 1 aromatic heterocycles. The zero-order valence-electron chi connectivity index (χ0n) is 16.0. The molecule has 7 heteroatoms. The van der Waals surface area contributed by atoms with Gasteiger partial charge < -0.3 is 9.84 Å². The van der Waals surface area contributed by atoms with Crippen LogP contribution < -0.4 is 0 Å². The van der Waals surface area contributed by atoms with Crippen molar-refractivity contribution in [2.24, 2.45) is 0 Å². The zero-order chi connectivity index (χ0) is 21.1. The number of nitrogens with zero attached hydrogens (tertiary/aromatic N) is 1. The van der Waals surface area contributed by atoms with E-state index in [-0.39, 0.29) is 36.7 Å². The number of aromatic nitrogens is 1. The smallest absolute Gasteiger partial charge is 0.306 e. The van der Waals surface area contributed by atoms with E-state index in [1.54, 1.807) is 38.1 Å². The molecule has 150 valence electrons. The fourth-order valence-electron chi connectivity index (χ4n) is 2.98. The predicted octanol–water partition coefficient (Wildman–Crippen LogP) is 5.34. The van der Waals surface area contributed by atoms with Crippen LogP contribution in [-0.2, 0) is 9.53 Å². The number of fused-ring (bicyclic) bond motifs is 1. The molecule has 0 aliphatic carbocycles. The highest BCUT2D eigenvalue weighted by atomic mass is 79.9. The lowest BCUT2D eigenvalue weighted by molar-refractivity contribution is -0.143. The Kier molecular flexibility index (Phi) is 6.27. The van der Waals surface area contributed by atoms with Gasteiger partial charge in [0, 0.05) is 11.8 Å². The van der Waals surface area contributed by atoms with Crippen LogP contribution in [0.4, 0.5) is 4.39 Å². The van der Waals surface area contributed by atoms with Crippen LogP contribution in [0.15, 0.2) is 40.9 Å². The number of ether oxygens (including phenoxy) is 1. The quantitative estimate of drug-likeness (QED) is 0.397. The van der Waals surface area contributed by atoms with Crippen molar-refractivity contribution in [2.75, 3.05) is 6.61 Å². The number of carbonyl (C=O) groups is 2. The van der Waals surface area contributed by atoms with E-state index in [9.17, 15) is 19.1 Å². The standard InChI is InChI=1S/C22H19BrFNO4/c1-3-29-19(27)9-8-18(26)21-22(28)20(23)15-6-4-14(11-17(15)25-21)13-5-7-16(24)12(2)10-13/h4-7,10-11,28H,3,8-9H2,1-2H3. The van der Waals surface area contributed by atoms with Gasteiger partial charge in [-0.05, 0) is 64.7 Å². The molecule has 0 radical (unpaired) electrons. The highest BCUT2D eigenvalue weighted by Gasteiger charge is 2.20. The van der Waals surface area contributed by atoms with E-state index in [1.165, 1.54) is 6.07 Å². The van der Waals surface area contributed by atoms with Crippen LogP contribution in [-0.4, -0.2) is 28.4 Å². The number of aryl methyl sites for hydroxylation is 1. The maximum atomic E-state index is 13.6. The summed E-state index contributed by atoms with van der Waals surface area (Å²) in [4.78, 5) is 28.3. The van der Waals surface area contributed by atoms with Crippen molar-refractivity contribution in [3.05, 3.63) is 57.9 Å². The number of esters is 1. The Morgan fingerprint density at radius 3 is 2.52 bits per heavy atom. The van der Waals surface area contributed by atoms with E-state index in [0.29, 0.717) is 20.9 Å². The molecule has 0 aliphatic heterocycles. The summed E-state index contributed by atoms with van der Waals surface area (Å²) in [6, 6.07) is 10.2. The number of hydrogen-bond donors (Lipinski definition) is 1. The van der Waals surface area contributed by atoms with Gasteiger partial charge in [-0.1, -0.05) is 18.2 Å². The van der Waals surface area contributed by atoms with E-state index in [1.807, 2.05) is 6.07 Å². The van der Waals surface area contributed by atoms with Crippen LogP contribution >= 0.6 is 15.9 Å². The minimum absolute atomic E-state index is 0.0850. The van der Waals surface area contributed by atoms with Crippen molar-refractivity contribution < 1.29 is 23.8 Å². The minimum atomic E-state index is -0.478. The van der Waals surface area contributed by atoms with E-state index >= 15 is 0 Å². The van der Waals surface area contributed by atoms with Crippen molar-refractivity contribution >= 4 is 38.6 Å². The van der Waals surface area contributed by atoms with Crippen molar-refractivity contribution in [3.8, 4) is 16.9 Å². The number of Topliss-reactive ketones (excluding diaryl/α,β-unsaturated/α-hetero) is 1. The molecule has 0 saturated carbocycles. The Hall–Kier alpha value is -2.80. The molecule has 3 aromatic rings. The molecule has 29 heavy (non-hydrogen) atoms. The first kappa shape index (κ1) is 20.9. The number of aromatic hydroxyl groups is 1. The monoisotopic (exact) mass is 459 g/mol. The molecule has 1 heterocycles. The first-order valence-corrected chi connectivity index (χ1v) is 9.88. The van der Waals surface area contributed by atoms with Gasteiger partial charge in [-0.15, -0.1) is 0 Å². The van der Waals surface area contributed by atoms with Crippen molar-refractivity contribution in [1.29, 1.82) is 0 Å². The molecular weight excluding hydrogens is 441 g/mol. The fraction of sp³-hybridized carbons (Fsp3) is 0.227. The van der Waals surface area contributed by atoms with Crippen LogP contribution in [0.1, 0.15) is 35.8 Å². The highest BCUT2D eigenvalue weighted by Crippen LogP contribution is 2.36. The zero-order valence-corrected chi connectivity index (χ0v) is 17.5. The minimum Gasteiger partial charge on any atom is -0.504 e. The summed E-state index contributed by atoms with van der Waals surface area (Å²) in [6.45, 7) is 3.62. The lowest BCUT2D eigenvalue weighted by Crippen LogP contribution is -2.09. The van der Waals surface area contributed by atoms with E-state index in [2.05, 4.69) is 20.9 Å². The molecule has 0 spiro atoms. The number of rotatable bonds is 6. The number of carbonyl (C=O) groups excluding carboxylic acids is 2. The number of halogens is 2. The molecule has 0 fully saturated rings. The summed E-state index contributed by atoms with van der Waals surface area (Å²) >= 11 is 3.32. The van der Waals surface area contributed by atoms with Gasteiger partial charge in [0.25, 0.3) is 0 Å². The second kappa shape index (κ2) is 8.69. The van der Waals surface area contributed by atoms with Crippen molar-refractivity contribution in [3.63, 3.8) is 0 Å². The molecular formula is C22H19BrFNO4. The summed E-state index contributed by atoms with van der Waals surface area (Å²) in [5.74, 6) is -1.48. The van der Waals surface area contributed by atoms with Crippen molar-refractivity contribution in [2.45, 2.75) is 26.7 Å². The molecule has 0 saturated heterocycles. The third-order valence-corrected chi connectivity index (χ3v) is 5.32. The maximum Gasteiger partial charge on any atom is 0.306 e. The van der Waals surface area contributed by atoms with Crippen molar-refractivity contribution in [1.82, 2.24) is 4.98 Å². The average Bonchev–Trinajstić information content (AvgIpc) is 2.70. The Morgan fingerprint density at radius 1 is 1.14 bits per heavy atom. The van der Waals surface area contributed by atoms with Crippen LogP contribution in [0.25, 0.3) is 22.0 Å². The highest BCUT2D eigenvalue weighted by molar-refractivity contribution is 9.10. The maximum absolute atomic E-state index is 13.6. The van der Waals surface area contributed by atoms with Gasteiger partial charge in [0.1, 0.15) is 11.5 Å². The summed E-state index contributed by atoms with van der Waals surface area (Å²) in [6.07, 6.45) is -0.202. The average molecular weight is 460 g/mol. The van der Waals surface area contributed by atoms with Crippen LogP contribution in [0.3, 0.4) is 0 Å². The molecule has 1 N–H and O–H groups in total.